The molecule has 3 aliphatic rings. The van der Waals surface area contributed by atoms with Crippen molar-refractivity contribution in [3.05, 3.63) is 46.5 Å². The molecule has 2 amide bonds. The highest BCUT2D eigenvalue weighted by atomic mass is 35.5. The largest absolute Gasteiger partial charge is 0.495 e. The number of epoxide rings is 1. The Morgan fingerprint density at radius 3 is 2.66 bits per heavy atom. The Morgan fingerprint density at radius 2 is 2.00 bits per heavy atom. The number of hydrogen-bond donors (Lipinski definition) is 2. The number of anilines is 1. The molecule has 12 heteroatoms. The lowest BCUT2D eigenvalue weighted by atomic mass is 9.83. The van der Waals surface area contributed by atoms with Crippen LogP contribution < -0.4 is 15.0 Å². The quantitative estimate of drug-likeness (QED) is 0.355. The minimum Gasteiger partial charge on any atom is -0.495 e. The summed E-state index contributed by atoms with van der Waals surface area (Å²) in [6.45, 7) is 7.41. The van der Waals surface area contributed by atoms with Crippen molar-refractivity contribution in [2.75, 3.05) is 26.2 Å². The van der Waals surface area contributed by atoms with Gasteiger partial charge in [-0.2, -0.15) is 0 Å². The predicted molar refractivity (Wildman–Crippen MR) is 164 cm³/mol. The number of benzene rings is 1. The third-order valence-corrected chi connectivity index (χ3v) is 9.06. The fourth-order valence-corrected chi connectivity index (χ4v) is 6.34. The monoisotopic (exact) mass is 634 g/mol. The maximum atomic E-state index is 13.8. The highest BCUT2D eigenvalue weighted by Crippen LogP contribution is 2.49. The summed E-state index contributed by atoms with van der Waals surface area (Å²) in [5.74, 6) is -0.813. The van der Waals surface area contributed by atoms with Crippen LogP contribution in [0.3, 0.4) is 0 Å². The van der Waals surface area contributed by atoms with E-state index in [4.69, 9.17) is 35.3 Å². The topological polar surface area (TPSA) is 136 Å². The number of fused-ring (bicyclic) bond motifs is 5. The number of ether oxygens (including phenoxy) is 5. The average molecular weight is 635 g/mol. The minimum absolute atomic E-state index is 0.00742. The van der Waals surface area contributed by atoms with Crippen LogP contribution >= 0.6 is 11.6 Å². The Bertz CT molecular complexity index is 1330. The van der Waals surface area contributed by atoms with Crippen molar-refractivity contribution >= 4 is 35.3 Å². The van der Waals surface area contributed by atoms with Crippen molar-refractivity contribution in [2.24, 2.45) is 5.92 Å². The van der Waals surface area contributed by atoms with Crippen molar-refractivity contribution in [2.45, 2.75) is 95.5 Å². The van der Waals surface area contributed by atoms with Crippen LogP contribution in [0.4, 0.5) is 10.5 Å². The van der Waals surface area contributed by atoms with Gasteiger partial charge in [0.2, 0.25) is 5.91 Å². The number of nitrogens with zero attached hydrogens (tertiary/aromatic N) is 1. The fourth-order valence-electron chi connectivity index (χ4n) is 6.03. The van der Waals surface area contributed by atoms with Crippen LogP contribution in [0.5, 0.6) is 5.75 Å². The third kappa shape index (κ3) is 7.06. The molecule has 0 aliphatic carbocycles. The maximum absolute atomic E-state index is 13.8. The molecule has 7 atom stereocenters. The minimum atomic E-state index is -1.76. The van der Waals surface area contributed by atoms with Gasteiger partial charge in [-0.1, -0.05) is 49.2 Å². The lowest BCUT2D eigenvalue weighted by Gasteiger charge is -2.42. The number of esters is 1. The molecule has 0 saturated carbocycles. The number of methoxy groups -OCH3 is 2. The maximum Gasteiger partial charge on any atom is 0.409 e. The first kappa shape index (κ1) is 33.8. The van der Waals surface area contributed by atoms with Gasteiger partial charge in [-0.3, -0.25) is 14.9 Å². The Kier molecular flexibility index (Phi) is 10.3. The van der Waals surface area contributed by atoms with Gasteiger partial charge in [-0.05, 0) is 44.4 Å². The Balaban J connectivity index is 1.79. The van der Waals surface area contributed by atoms with Gasteiger partial charge >= 0.3 is 12.1 Å². The summed E-state index contributed by atoms with van der Waals surface area (Å²) >= 11 is 6.68. The summed E-state index contributed by atoms with van der Waals surface area (Å²) in [6, 6.07) is 3.64. The smallest absolute Gasteiger partial charge is 0.409 e. The van der Waals surface area contributed by atoms with E-state index >= 15 is 0 Å². The van der Waals surface area contributed by atoms with Crippen LogP contribution in [0.2, 0.25) is 5.02 Å². The zero-order valence-electron chi connectivity index (χ0n) is 26.3. The Morgan fingerprint density at radius 1 is 1.27 bits per heavy atom. The summed E-state index contributed by atoms with van der Waals surface area (Å²) in [5, 5.41) is 14.4. The molecule has 3 unspecified atom stereocenters. The molecule has 4 rings (SSSR count). The first-order chi connectivity index (χ1) is 20.8. The second kappa shape index (κ2) is 13.5. The molecule has 2 saturated heterocycles. The lowest BCUT2D eigenvalue weighted by molar-refractivity contribution is -0.153. The predicted octanol–water partition coefficient (Wildman–Crippen LogP) is 4.47. The number of alkyl carbamates (subject to hydrolysis) is 1. The number of rotatable bonds is 5. The first-order valence-corrected chi connectivity index (χ1v) is 15.2. The van der Waals surface area contributed by atoms with E-state index in [1.54, 1.807) is 26.1 Å². The van der Waals surface area contributed by atoms with Crippen LogP contribution in [0.1, 0.15) is 58.9 Å². The van der Waals surface area contributed by atoms with Gasteiger partial charge in [0.1, 0.15) is 34.7 Å². The second-order valence-corrected chi connectivity index (χ2v) is 12.4. The van der Waals surface area contributed by atoms with Gasteiger partial charge in [0.25, 0.3) is 0 Å². The van der Waals surface area contributed by atoms with Crippen LogP contribution in [-0.2, 0) is 35.0 Å². The van der Waals surface area contributed by atoms with Gasteiger partial charge in [-0.15, -0.1) is 0 Å². The number of allylic oxidation sites excluding steroid dienone is 3. The van der Waals surface area contributed by atoms with Gasteiger partial charge in [0, 0.05) is 32.9 Å². The molecule has 0 spiro atoms. The molecule has 2 fully saturated rings. The van der Waals surface area contributed by atoms with E-state index in [1.165, 1.54) is 19.1 Å². The molecule has 2 N–H and O–H groups in total. The number of aliphatic hydroxyl groups is 1. The normalized spacial score (nSPS) is 34.5. The molecule has 4 bridgehead atoms. The molecule has 3 aliphatic heterocycles. The SMILES string of the molecule is CCCC(=O)O[C@@H]1CC(=O)N(C)c2cc(cc(OC)c2Cl)C/C(C)=C/C=C/[C@@H](OC)[C@@]2(O)CC(OC(=O)N2)[C@@H](C)C2OC21C. The highest BCUT2D eigenvalue weighted by Gasteiger charge is 2.64. The summed E-state index contributed by atoms with van der Waals surface area (Å²) in [7, 11) is 4.57. The summed E-state index contributed by atoms with van der Waals surface area (Å²) < 4.78 is 28.8. The van der Waals surface area contributed by atoms with E-state index in [9.17, 15) is 19.5 Å². The van der Waals surface area contributed by atoms with Crippen molar-refractivity contribution in [3.8, 4) is 5.75 Å². The molecule has 242 valence electrons. The highest BCUT2D eigenvalue weighted by molar-refractivity contribution is 6.35. The molecule has 1 aromatic rings. The van der Waals surface area contributed by atoms with E-state index in [2.05, 4.69) is 5.32 Å². The van der Waals surface area contributed by atoms with E-state index in [0.29, 0.717) is 24.3 Å². The number of carbonyl (C=O) groups is 3. The van der Waals surface area contributed by atoms with Gasteiger partial charge in [-0.25, -0.2) is 4.79 Å². The zero-order chi connectivity index (χ0) is 32.4. The Hall–Kier alpha value is -3.12. The van der Waals surface area contributed by atoms with E-state index in [1.807, 2.05) is 39.0 Å². The van der Waals surface area contributed by atoms with Gasteiger partial charge in [0.05, 0.1) is 25.3 Å². The molecule has 1 aromatic carbocycles. The van der Waals surface area contributed by atoms with E-state index in [-0.39, 0.29) is 30.2 Å². The summed E-state index contributed by atoms with van der Waals surface area (Å²) in [4.78, 5) is 40.6. The Labute approximate surface area is 263 Å². The van der Waals surface area contributed by atoms with Crippen molar-refractivity contribution in [1.29, 1.82) is 0 Å². The van der Waals surface area contributed by atoms with Crippen LogP contribution in [0.25, 0.3) is 0 Å². The van der Waals surface area contributed by atoms with E-state index < -0.39 is 53.7 Å². The number of hydrogen-bond acceptors (Lipinski definition) is 9. The second-order valence-electron chi connectivity index (χ2n) is 12.0. The number of amides is 2. The van der Waals surface area contributed by atoms with Crippen LogP contribution in [-0.4, -0.2) is 80.1 Å². The fraction of sp³-hybridized carbons (Fsp3) is 0.594. The lowest BCUT2D eigenvalue weighted by Crippen LogP contribution is -2.63. The van der Waals surface area contributed by atoms with Crippen LogP contribution in [0.15, 0.2) is 35.9 Å². The molecule has 0 radical (unpaired) electrons. The summed E-state index contributed by atoms with van der Waals surface area (Å²) in [5.41, 5.74) is -0.561. The summed E-state index contributed by atoms with van der Waals surface area (Å²) in [6.07, 6.45) is 2.47. The molecule has 11 nitrogen and oxygen atoms in total. The van der Waals surface area contributed by atoms with Crippen molar-refractivity contribution in [3.63, 3.8) is 0 Å². The average Bonchev–Trinajstić information content (AvgIpc) is 3.66. The molecule has 44 heavy (non-hydrogen) atoms. The third-order valence-electron chi connectivity index (χ3n) is 8.68. The number of halogens is 1. The van der Waals surface area contributed by atoms with Crippen LogP contribution in [0, 0.1) is 5.92 Å². The molecular formula is C32H43ClN2O9. The standard InChI is InChI=1S/C32H43ClN2O9/c1-8-10-27(37)43-25-16-26(36)35(5)21-14-20(15-22(40-6)28(21)33)13-18(2)11-9-12-24(41-7)32(39)17-23(42-30(38)34-32)19(3)29-31(25,4)44-29/h9,11-12,14-15,19,23-25,29,39H,8,10,13,16-17H2,1-7H3,(H,34,38)/b12-9+,18-11+/t19-,23?,24-,25-,29?,31?,32+/m1/s1. The number of nitrogens with one attached hydrogen (secondary N) is 1. The number of carbonyl (C=O) groups excluding carboxylic acids is 3. The first-order valence-electron chi connectivity index (χ1n) is 14.8. The molecule has 0 aromatic heterocycles. The molecular weight excluding hydrogens is 592 g/mol. The van der Waals surface area contributed by atoms with E-state index in [0.717, 1.165) is 11.1 Å². The van der Waals surface area contributed by atoms with Gasteiger partial charge in [0.15, 0.2) is 5.72 Å². The van der Waals surface area contributed by atoms with Crippen molar-refractivity contribution in [1.82, 2.24) is 5.32 Å². The van der Waals surface area contributed by atoms with Crippen molar-refractivity contribution < 1.29 is 43.2 Å². The van der Waals surface area contributed by atoms with Gasteiger partial charge < -0.3 is 33.7 Å². The molecule has 3 heterocycles. The zero-order valence-corrected chi connectivity index (χ0v) is 27.1.